The van der Waals surface area contributed by atoms with Crippen LogP contribution in [0.5, 0.6) is 0 Å². The van der Waals surface area contributed by atoms with Crippen molar-refractivity contribution in [2.24, 2.45) is 5.73 Å². The zero-order valence-corrected chi connectivity index (χ0v) is 9.07. The molecule has 1 aromatic rings. The van der Waals surface area contributed by atoms with E-state index in [9.17, 15) is 4.79 Å². The zero-order valence-electron chi connectivity index (χ0n) is 9.07. The molecule has 15 heavy (non-hydrogen) atoms. The molecule has 0 heterocycles. The van der Waals surface area contributed by atoms with Gasteiger partial charge in [0.05, 0.1) is 6.04 Å². The molecule has 1 rings (SSSR count). The number of nitrogens with two attached hydrogens (primary N) is 1. The largest absolute Gasteiger partial charge is 0.368 e. The maximum absolute atomic E-state index is 11.1. The molecule has 0 aliphatic heterocycles. The van der Waals surface area contributed by atoms with Gasteiger partial charge in [0.15, 0.2) is 0 Å². The Morgan fingerprint density at radius 3 is 2.60 bits per heavy atom. The van der Waals surface area contributed by atoms with Gasteiger partial charge in [0.1, 0.15) is 0 Å². The smallest absolute Gasteiger partial charge is 0.234 e. The Kier molecular flexibility index (Phi) is 4.84. The standard InChI is InChI=1S/C12H18N2O/c1-2-6-11(12(13)15)14-9-10-7-4-3-5-8-10/h3-5,7-8,11,14H,2,6,9H2,1H3,(H2,13,15). The molecule has 0 radical (unpaired) electrons. The van der Waals surface area contributed by atoms with Crippen LogP contribution in [0.25, 0.3) is 0 Å². The van der Waals surface area contributed by atoms with E-state index in [0.29, 0.717) is 6.54 Å². The molecule has 1 atom stereocenters. The van der Waals surface area contributed by atoms with E-state index in [0.717, 1.165) is 12.8 Å². The molecule has 0 aliphatic rings. The second-order valence-electron chi connectivity index (χ2n) is 3.61. The van der Waals surface area contributed by atoms with Crippen molar-refractivity contribution in [1.82, 2.24) is 5.32 Å². The molecule has 3 heteroatoms. The number of nitrogens with one attached hydrogen (secondary N) is 1. The van der Waals surface area contributed by atoms with Crippen molar-refractivity contribution in [1.29, 1.82) is 0 Å². The topological polar surface area (TPSA) is 55.1 Å². The Hall–Kier alpha value is -1.35. The van der Waals surface area contributed by atoms with E-state index in [4.69, 9.17) is 5.73 Å². The highest BCUT2D eigenvalue weighted by Crippen LogP contribution is 2.01. The number of hydrogen-bond donors (Lipinski definition) is 2. The first kappa shape index (κ1) is 11.7. The molecule has 0 saturated heterocycles. The summed E-state index contributed by atoms with van der Waals surface area (Å²) in [4.78, 5) is 11.1. The average Bonchev–Trinajstić information content (AvgIpc) is 2.25. The lowest BCUT2D eigenvalue weighted by atomic mass is 10.1. The first-order valence-corrected chi connectivity index (χ1v) is 5.30. The van der Waals surface area contributed by atoms with E-state index >= 15 is 0 Å². The lowest BCUT2D eigenvalue weighted by Gasteiger charge is -2.14. The van der Waals surface area contributed by atoms with Gasteiger partial charge in [-0.1, -0.05) is 43.7 Å². The number of benzene rings is 1. The molecule has 0 saturated carbocycles. The van der Waals surface area contributed by atoms with Crippen LogP contribution in [0.2, 0.25) is 0 Å². The van der Waals surface area contributed by atoms with Crippen molar-refractivity contribution in [3.63, 3.8) is 0 Å². The van der Waals surface area contributed by atoms with Crippen molar-refractivity contribution in [2.75, 3.05) is 0 Å². The maximum Gasteiger partial charge on any atom is 0.234 e. The molecule has 1 aromatic carbocycles. The molecule has 0 bridgehead atoms. The van der Waals surface area contributed by atoms with Crippen LogP contribution in [0.3, 0.4) is 0 Å². The minimum atomic E-state index is -0.271. The SMILES string of the molecule is CCCC(NCc1ccccc1)C(N)=O. The van der Waals surface area contributed by atoms with Crippen molar-refractivity contribution in [3.8, 4) is 0 Å². The fraction of sp³-hybridized carbons (Fsp3) is 0.417. The molecule has 3 N–H and O–H groups in total. The van der Waals surface area contributed by atoms with Crippen LogP contribution in [0, 0.1) is 0 Å². The van der Waals surface area contributed by atoms with Crippen molar-refractivity contribution >= 4 is 5.91 Å². The van der Waals surface area contributed by atoms with Gasteiger partial charge in [-0.05, 0) is 12.0 Å². The highest BCUT2D eigenvalue weighted by molar-refractivity contribution is 5.79. The van der Waals surface area contributed by atoms with Crippen LogP contribution >= 0.6 is 0 Å². The summed E-state index contributed by atoms with van der Waals surface area (Å²) in [5.41, 5.74) is 6.45. The summed E-state index contributed by atoms with van der Waals surface area (Å²) in [5, 5.41) is 3.16. The van der Waals surface area contributed by atoms with Gasteiger partial charge in [-0.25, -0.2) is 0 Å². The van der Waals surface area contributed by atoms with Gasteiger partial charge in [0.2, 0.25) is 5.91 Å². The molecule has 82 valence electrons. The van der Waals surface area contributed by atoms with E-state index < -0.39 is 0 Å². The van der Waals surface area contributed by atoms with Gasteiger partial charge < -0.3 is 11.1 Å². The van der Waals surface area contributed by atoms with Crippen molar-refractivity contribution in [2.45, 2.75) is 32.4 Å². The van der Waals surface area contributed by atoms with E-state index in [1.165, 1.54) is 5.56 Å². The Balaban J connectivity index is 2.43. The van der Waals surface area contributed by atoms with Gasteiger partial charge in [-0.15, -0.1) is 0 Å². The third-order valence-corrected chi connectivity index (χ3v) is 2.32. The zero-order chi connectivity index (χ0) is 11.1. The fourth-order valence-corrected chi connectivity index (χ4v) is 1.47. The monoisotopic (exact) mass is 206 g/mol. The Morgan fingerprint density at radius 1 is 1.40 bits per heavy atom. The van der Waals surface area contributed by atoms with Crippen molar-refractivity contribution in [3.05, 3.63) is 35.9 Å². The number of carbonyl (C=O) groups excluding carboxylic acids is 1. The summed E-state index contributed by atoms with van der Waals surface area (Å²) < 4.78 is 0. The summed E-state index contributed by atoms with van der Waals surface area (Å²) in [7, 11) is 0. The number of hydrogen-bond acceptors (Lipinski definition) is 2. The number of carbonyl (C=O) groups is 1. The van der Waals surface area contributed by atoms with E-state index in [2.05, 4.69) is 5.32 Å². The summed E-state index contributed by atoms with van der Waals surface area (Å²) in [5.74, 6) is -0.271. The summed E-state index contributed by atoms with van der Waals surface area (Å²) in [6, 6.07) is 9.77. The van der Waals surface area contributed by atoms with Crippen LogP contribution < -0.4 is 11.1 Å². The van der Waals surface area contributed by atoms with Gasteiger partial charge in [-0.3, -0.25) is 4.79 Å². The van der Waals surface area contributed by atoms with Gasteiger partial charge in [-0.2, -0.15) is 0 Å². The predicted octanol–water partition coefficient (Wildman–Crippen LogP) is 1.43. The normalized spacial score (nSPS) is 12.3. The van der Waals surface area contributed by atoms with Crippen LogP contribution in [0.15, 0.2) is 30.3 Å². The number of rotatable bonds is 6. The van der Waals surface area contributed by atoms with E-state index in [-0.39, 0.29) is 11.9 Å². The molecule has 1 unspecified atom stereocenters. The molecular weight excluding hydrogens is 188 g/mol. The minimum absolute atomic E-state index is 0.213. The Morgan fingerprint density at radius 2 is 2.07 bits per heavy atom. The molecule has 0 fully saturated rings. The molecule has 0 spiro atoms. The second kappa shape index (κ2) is 6.19. The average molecular weight is 206 g/mol. The number of primary amides is 1. The minimum Gasteiger partial charge on any atom is -0.368 e. The van der Waals surface area contributed by atoms with Crippen LogP contribution in [0.1, 0.15) is 25.3 Å². The van der Waals surface area contributed by atoms with Gasteiger partial charge in [0.25, 0.3) is 0 Å². The molecule has 0 aromatic heterocycles. The summed E-state index contributed by atoms with van der Waals surface area (Å²) in [6.07, 6.45) is 1.75. The molecule has 1 amide bonds. The lowest BCUT2D eigenvalue weighted by molar-refractivity contribution is -0.120. The van der Waals surface area contributed by atoms with Gasteiger partial charge in [0, 0.05) is 6.54 Å². The van der Waals surface area contributed by atoms with Crippen LogP contribution in [-0.2, 0) is 11.3 Å². The maximum atomic E-state index is 11.1. The highest BCUT2D eigenvalue weighted by atomic mass is 16.1. The van der Waals surface area contributed by atoms with Gasteiger partial charge >= 0.3 is 0 Å². The van der Waals surface area contributed by atoms with E-state index in [1.807, 2.05) is 37.3 Å². The third-order valence-electron chi connectivity index (χ3n) is 2.32. The quantitative estimate of drug-likeness (QED) is 0.739. The Bertz CT molecular complexity index is 298. The predicted molar refractivity (Wildman–Crippen MR) is 61.2 cm³/mol. The highest BCUT2D eigenvalue weighted by Gasteiger charge is 2.12. The molecule has 0 aliphatic carbocycles. The van der Waals surface area contributed by atoms with Crippen LogP contribution in [0.4, 0.5) is 0 Å². The fourth-order valence-electron chi connectivity index (χ4n) is 1.47. The Labute approximate surface area is 90.7 Å². The molecular formula is C12H18N2O. The van der Waals surface area contributed by atoms with E-state index in [1.54, 1.807) is 0 Å². The van der Waals surface area contributed by atoms with Crippen molar-refractivity contribution < 1.29 is 4.79 Å². The first-order valence-electron chi connectivity index (χ1n) is 5.30. The summed E-state index contributed by atoms with van der Waals surface area (Å²) in [6.45, 7) is 2.73. The molecule has 3 nitrogen and oxygen atoms in total. The second-order valence-corrected chi connectivity index (χ2v) is 3.61. The number of amides is 1. The third kappa shape index (κ3) is 4.13. The summed E-state index contributed by atoms with van der Waals surface area (Å²) >= 11 is 0. The first-order chi connectivity index (χ1) is 7.24. The lowest BCUT2D eigenvalue weighted by Crippen LogP contribution is -2.40. The van der Waals surface area contributed by atoms with Crippen LogP contribution in [-0.4, -0.2) is 11.9 Å².